The maximum Gasteiger partial charge on any atom is 0.136 e. The van der Waals surface area contributed by atoms with E-state index in [1.165, 1.54) is 81.7 Å². The van der Waals surface area contributed by atoms with Gasteiger partial charge in [-0.25, -0.2) is 0 Å². The van der Waals surface area contributed by atoms with Crippen LogP contribution in [0, 0.1) is 0 Å². The van der Waals surface area contributed by atoms with E-state index in [1.807, 2.05) is 0 Å². The average Bonchev–Trinajstić information content (AvgIpc) is 3.54. The summed E-state index contributed by atoms with van der Waals surface area (Å²) in [5.74, 6) is 0.374. The number of benzene rings is 7. The maximum absolute atomic E-state index is 6.55. The van der Waals surface area contributed by atoms with Gasteiger partial charge in [0.15, 0.2) is 0 Å². The standard InChI is InChI=1S/C41H33NO/c1-23(2)30-19-24-20-36-39(32-21-25(41(3,4)5)15-18-35(32)43-36)28-16-17-29-38-27-13-9-10-14-33(27)42(26-11-7-6-8-12-26)34(38)22-31(30)40(29)37(24)28/h6-23H,1-5H3. The van der Waals surface area contributed by atoms with Gasteiger partial charge in [-0.2, -0.15) is 0 Å². The molecule has 0 aliphatic rings. The van der Waals surface area contributed by atoms with E-state index in [2.05, 4.69) is 142 Å². The van der Waals surface area contributed by atoms with Gasteiger partial charge in [-0.3, -0.25) is 0 Å². The maximum atomic E-state index is 6.55. The first-order valence-electron chi connectivity index (χ1n) is 15.4. The number of hydrogen-bond acceptors (Lipinski definition) is 1. The van der Waals surface area contributed by atoms with Crippen LogP contribution in [-0.2, 0) is 5.41 Å². The Bertz CT molecular complexity index is 2550. The molecule has 2 aromatic heterocycles. The molecule has 0 amide bonds. The average molecular weight is 556 g/mol. The lowest BCUT2D eigenvalue weighted by Crippen LogP contribution is -2.10. The van der Waals surface area contributed by atoms with E-state index in [0.717, 1.165) is 11.2 Å². The highest BCUT2D eigenvalue weighted by molar-refractivity contribution is 6.37. The molecule has 9 aromatic rings. The van der Waals surface area contributed by atoms with Crippen LogP contribution in [0.25, 0.3) is 81.7 Å². The van der Waals surface area contributed by atoms with E-state index in [9.17, 15) is 0 Å². The molecule has 0 saturated carbocycles. The molecule has 0 fully saturated rings. The number of para-hydroxylation sites is 2. The molecule has 9 rings (SSSR count). The molecule has 0 N–H and O–H groups in total. The van der Waals surface area contributed by atoms with Crippen molar-refractivity contribution in [3.63, 3.8) is 0 Å². The van der Waals surface area contributed by atoms with Crippen LogP contribution in [0.5, 0.6) is 0 Å². The van der Waals surface area contributed by atoms with Crippen molar-refractivity contribution in [3.8, 4) is 5.69 Å². The van der Waals surface area contributed by atoms with Crippen molar-refractivity contribution in [2.75, 3.05) is 0 Å². The Morgan fingerprint density at radius 3 is 2.07 bits per heavy atom. The summed E-state index contributed by atoms with van der Waals surface area (Å²) in [6, 6.07) is 38.3. The Morgan fingerprint density at radius 1 is 0.558 bits per heavy atom. The number of fused-ring (bicyclic) bond motifs is 8. The van der Waals surface area contributed by atoms with Crippen LogP contribution in [0.3, 0.4) is 0 Å². The molecule has 2 heterocycles. The Hall–Kier alpha value is -4.82. The van der Waals surface area contributed by atoms with Crippen molar-refractivity contribution in [1.82, 2.24) is 4.57 Å². The number of nitrogens with zero attached hydrogens (tertiary/aromatic N) is 1. The van der Waals surface area contributed by atoms with Crippen molar-refractivity contribution < 1.29 is 4.42 Å². The molecule has 2 nitrogen and oxygen atoms in total. The summed E-state index contributed by atoms with van der Waals surface area (Å²) >= 11 is 0. The summed E-state index contributed by atoms with van der Waals surface area (Å²) in [7, 11) is 0. The monoisotopic (exact) mass is 555 g/mol. The lowest BCUT2D eigenvalue weighted by Gasteiger charge is -2.19. The molecule has 0 aliphatic heterocycles. The van der Waals surface area contributed by atoms with Gasteiger partial charge < -0.3 is 8.98 Å². The van der Waals surface area contributed by atoms with Gasteiger partial charge in [-0.05, 0) is 97.2 Å². The second-order valence-corrected chi connectivity index (χ2v) is 13.6. The molecule has 0 saturated heterocycles. The summed E-state index contributed by atoms with van der Waals surface area (Å²) < 4.78 is 8.99. The smallest absolute Gasteiger partial charge is 0.136 e. The van der Waals surface area contributed by atoms with Gasteiger partial charge in [0.05, 0.1) is 11.0 Å². The molecule has 208 valence electrons. The zero-order chi connectivity index (χ0) is 29.2. The van der Waals surface area contributed by atoms with Gasteiger partial charge in [0.2, 0.25) is 0 Å². The summed E-state index contributed by atoms with van der Waals surface area (Å²) in [4.78, 5) is 0. The SMILES string of the molecule is CC(C)c1cc2cc3oc4ccc(C(C)(C)C)cc4c3c3ccc4c(c1cc1c4c4ccccc4n1-c1ccccc1)c23. The quantitative estimate of drug-likeness (QED) is 0.194. The number of hydrogen-bond donors (Lipinski definition) is 0. The van der Waals surface area contributed by atoms with Crippen LogP contribution in [0.15, 0.2) is 108 Å². The Labute approximate surface area is 250 Å². The van der Waals surface area contributed by atoms with Gasteiger partial charge in [-0.15, -0.1) is 0 Å². The first-order valence-corrected chi connectivity index (χ1v) is 15.4. The Kier molecular flexibility index (Phi) is 4.83. The van der Waals surface area contributed by atoms with E-state index in [4.69, 9.17) is 4.42 Å². The first kappa shape index (κ1) is 24.7. The zero-order valence-corrected chi connectivity index (χ0v) is 25.2. The normalized spacial score (nSPS) is 13.0. The molecular weight excluding hydrogens is 522 g/mol. The number of aromatic nitrogens is 1. The van der Waals surface area contributed by atoms with Crippen LogP contribution in [0.2, 0.25) is 0 Å². The summed E-state index contributed by atoms with van der Waals surface area (Å²) in [6.07, 6.45) is 0. The molecular formula is C41H33NO. The summed E-state index contributed by atoms with van der Waals surface area (Å²) in [5, 5.41) is 12.9. The first-order chi connectivity index (χ1) is 20.8. The molecule has 0 atom stereocenters. The Balaban J connectivity index is 1.52. The minimum atomic E-state index is 0.0618. The van der Waals surface area contributed by atoms with Gasteiger partial charge in [-0.1, -0.05) is 95.3 Å². The molecule has 0 radical (unpaired) electrons. The van der Waals surface area contributed by atoms with Crippen molar-refractivity contribution in [2.24, 2.45) is 0 Å². The van der Waals surface area contributed by atoms with E-state index in [0.29, 0.717) is 5.92 Å². The highest BCUT2D eigenvalue weighted by atomic mass is 16.3. The highest BCUT2D eigenvalue weighted by Gasteiger charge is 2.24. The van der Waals surface area contributed by atoms with Gasteiger partial charge in [0, 0.05) is 27.2 Å². The Morgan fingerprint density at radius 2 is 1.30 bits per heavy atom. The lowest BCUT2D eigenvalue weighted by molar-refractivity contribution is 0.590. The molecule has 0 bridgehead atoms. The fourth-order valence-corrected chi connectivity index (χ4v) is 7.58. The topological polar surface area (TPSA) is 18.1 Å². The van der Waals surface area contributed by atoms with E-state index >= 15 is 0 Å². The van der Waals surface area contributed by atoms with Gasteiger partial charge in [0.1, 0.15) is 11.2 Å². The molecule has 0 aliphatic carbocycles. The molecule has 0 spiro atoms. The molecule has 7 aromatic carbocycles. The zero-order valence-electron chi connectivity index (χ0n) is 25.2. The van der Waals surface area contributed by atoms with Crippen LogP contribution < -0.4 is 0 Å². The van der Waals surface area contributed by atoms with Crippen LogP contribution >= 0.6 is 0 Å². The fraction of sp³-hybridized carbons (Fsp3) is 0.171. The van der Waals surface area contributed by atoms with Gasteiger partial charge >= 0.3 is 0 Å². The van der Waals surface area contributed by atoms with Crippen LogP contribution in [0.4, 0.5) is 0 Å². The summed E-state index contributed by atoms with van der Waals surface area (Å²) in [6.45, 7) is 11.5. The van der Waals surface area contributed by atoms with E-state index < -0.39 is 0 Å². The van der Waals surface area contributed by atoms with Crippen molar-refractivity contribution in [1.29, 1.82) is 0 Å². The molecule has 0 unspecified atom stereocenters. The van der Waals surface area contributed by atoms with E-state index in [-0.39, 0.29) is 5.41 Å². The van der Waals surface area contributed by atoms with E-state index in [1.54, 1.807) is 0 Å². The summed E-state index contributed by atoms with van der Waals surface area (Å²) in [5.41, 5.74) is 8.37. The predicted octanol–water partition coefficient (Wildman–Crippen LogP) is 12.0. The van der Waals surface area contributed by atoms with Gasteiger partial charge in [0.25, 0.3) is 0 Å². The minimum Gasteiger partial charge on any atom is -0.456 e. The van der Waals surface area contributed by atoms with Crippen molar-refractivity contribution in [2.45, 2.75) is 46.0 Å². The van der Waals surface area contributed by atoms with Crippen LogP contribution in [0.1, 0.15) is 51.7 Å². The fourth-order valence-electron chi connectivity index (χ4n) is 7.58. The number of rotatable bonds is 2. The second-order valence-electron chi connectivity index (χ2n) is 13.6. The van der Waals surface area contributed by atoms with Crippen molar-refractivity contribution >= 4 is 76.1 Å². The highest BCUT2D eigenvalue weighted by Crippen LogP contribution is 2.48. The van der Waals surface area contributed by atoms with Crippen LogP contribution in [-0.4, -0.2) is 4.57 Å². The lowest BCUT2D eigenvalue weighted by atomic mass is 9.84. The third kappa shape index (κ3) is 3.29. The molecule has 43 heavy (non-hydrogen) atoms. The second kappa shape index (κ2) is 8.39. The predicted molar refractivity (Wildman–Crippen MR) is 185 cm³/mol. The van der Waals surface area contributed by atoms with Crippen molar-refractivity contribution in [3.05, 3.63) is 114 Å². The third-order valence-electron chi connectivity index (χ3n) is 9.62. The molecule has 2 heteroatoms. The third-order valence-corrected chi connectivity index (χ3v) is 9.62. The minimum absolute atomic E-state index is 0.0618. The largest absolute Gasteiger partial charge is 0.456 e. The number of furan rings is 1.